The van der Waals surface area contributed by atoms with Gasteiger partial charge in [-0.25, -0.2) is 29.9 Å². The normalized spacial score (nSPS) is 11.7. The lowest BCUT2D eigenvalue weighted by molar-refractivity contribution is 0.669. The molecule has 0 saturated heterocycles. The summed E-state index contributed by atoms with van der Waals surface area (Å²) in [5.74, 6) is 1.30. The average molecular weight is 1540 g/mol. The van der Waals surface area contributed by atoms with Crippen molar-refractivity contribution in [1.29, 1.82) is 0 Å². The SMILES string of the molecule is c1ccc(-c2ccc(-c3cc(-c4cc(-c5ccc6oc7ccccc7c6c5)cc(-c5nc6ccccc6c6oc7ccccc7c56)c4)nc(-c4ccccc4)n3)cc2)cc1.c1ccc(-c2ccc(-c3cc(-c4cc(-c5cccc6c5oc5ccccc56)cc(-c5nc6ccccc6c6oc7ccccc7c56)c4)nc(-c4ccccc4)n3)cc2)cc1. The maximum absolute atomic E-state index is 6.64. The fourth-order valence-electron chi connectivity index (χ4n) is 17.1. The molecule has 0 aliphatic rings. The van der Waals surface area contributed by atoms with Crippen molar-refractivity contribution in [1.82, 2.24) is 29.9 Å². The minimum Gasteiger partial charge on any atom is -0.456 e. The smallest absolute Gasteiger partial charge is 0.160 e. The molecule has 0 bridgehead atoms. The second-order valence-electron chi connectivity index (χ2n) is 30.3. The van der Waals surface area contributed by atoms with Crippen LogP contribution in [0.4, 0.5) is 0 Å². The van der Waals surface area contributed by atoms with E-state index >= 15 is 0 Å². The topological polar surface area (TPSA) is 130 Å². The second kappa shape index (κ2) is 28.9. The molecule has 10 nitrogen and oxygen atoms in total. The fourth-order valence-corrected chi connectivity index (χ4v) is 17.1. The first-order chi connectivity index (χ1) is 59.4. The molecule has 0 amide bonds. The molecule has 0 atom stereocenters. The summed E-state index contributed by atoms with van der Waals surface area (Å²) in [4.78, 5) is 31.8. The molecule has 0 unspecified atom stereocenters. The van der Waals surface area contributed by atoms with Gasteiger partial charge in [0.05, 0.1) is 56.0 Å². The first-order valence-corrected chi connectivity index (χ1v) is 40.2. The quantitative estimate of drug-likeness (QED) is 0.117. The number of pyridine rings is 2. The predicted octanol–water partition coefficient (Wildman–Crippen LogP) is 29.7. The lowest BCUT2D eigenvalue weighted by Crippen LogP contribution is -1.97. The van der Waals surface area contributed by atoms with Gasteiger partial charge < -0.3 is 17.7 Å². The van der Waals surface area contributed by atoms with Gasteiger partial charge in [0.15, 0.2) is 11.6 Å². The third-order valence-electron chi connectivity index (χ3n) is 22.9. The summed E-state index contributed by atoms with van der Waals surface area (Å²) in [6.07, 6.45) is 0. The van der Waals surface area contributed by atoms with Crippen LogP contribution in [0, 0.1) is 0 Å². The van der Waals surface area contributed by atoms with E-state index in [0.717, 1.165) is 222 Å². The number of benzene rings is 16. The monoisotopic (exact) mass is 1530 g/mol. The molecule has 24 rings (SSSR count). The lowest BCUT2D eigenvalue weighted by atomic mass is 9.93. The van der Waals surface area contributed by atoms with Crippen LogP contribution in [-0.4, -0.2) is 29.9 Å². The second-order valence-corrected chi connectivity index (χ2v) is 30.3. The van der Waals surface area contributed by atoms with Crippen LogP contribution >= 0.6 is 0 Å². The van der Waals surface area contributed by atoms with Crippen LogP contribution in [-0.2, 0) is 0 Å². The van der Waals surface area contributed by atoms with Crippen molar-refractivity contribution in [3.05, 3.63) is 400 Å². The van der Waals surface area contributed by atoms with Gasteiger partial charge in [-0.2, -0.15) is 0 Å². The van der Waals surface area contributed by atoms with Crippen molar-refractivity contribution >= 4 is 110 Å². The summed E-state index contributed by atoms with van der Waals surface area (Å²) in [6.45, 7) is 0. The number of furan rings is 4. The molecule has 0 spiro atoms. The minimum atomic E-state index is 0.647. The van der Waals surface area contributed by atoms with Gasteiger partial charge in [-0.3, -0.25) is 0 Å². The minimum absolute atomic E-state index is 0.647. The zero-order chi connectivity index (χ0) is 79.1. The number of hydrogen-bond acceptors (Lipinski definition) is 10. The van der Waals surface area contributed by atoms with Gasteiger partial charge in [-0.15, -0.1) is 0 Å². The largest absolute Gasteiger partial charge is 0.456 e. The number of hydrogen-bond donors (Lipinski definition) is 0. The van der Waals surface area contributed by atoms with Gasteiger partial charge in [-0.05, 0) is 148 Å². The molecule has 0 fully saturated rings. The maximum atomic E-state index is 6.64. The zero-order valence-electron chi connectivity index (χ0n) is 64.4. The van der Waals surface area contributed by atoms with Gasteiger partial charge in [0.1, 0.15) is 44.7 Å². The van der Waals surface area contributed by atoms with Gasteiger partial charge in [0.2, 0.25) is 0 Å². The molecule has 0 saturated carbocycles. The number of rotatable bonds is 12. The van der Waals surface area contributed by atoms with Crippen LogP contribution < -0.4 is 0 Å². The highest BCUT2D eigenvalue weighted by molar-refractivity contribution is 6.21. The lowest BCUT2D eigenvalue weighted by Gasteiger charge is -2.14. The fraction of sp³-hybridized carbons (Fsp3) is 0. The van der Waals surface area contributed by atoms with Crippen molar-refractivity contribution in [3.8, 4) is 135 Å². The standard InChI is InChI=1S/2C55H33N3O2/c1-3-14-34(15-4-1)35-26-28-36(29-27-35)47-33-48(58-55(57-47)37-16-5-2-6-17-37)39-30-38(41-21-13-22-43-42-18-8-11-24-49(42)59-53(41)43)31-40(32-39)52-51-45-20-9-12-25-50(45)60-54(51)44-19-7-10-23-46(44)56-52;1-3-13-34(14-4-1)35-23-25-36(26-24-35)47-33-48(58-55(57-47)37-15-5-2-6-16-37)40-29-39(38-27-28-51-45(32-38)42-17-8-11-21-49(42)59-51)30-41(31-40)53-52-44-19-9-12-22-50(44)60-54(52)43-18-7-10-20-46(43)56-53/h2*1-33H. The Morgan fingerprint density at radius 2 is 0.483 bits per heavy atom. The Morgan fingerprint density at radius 3 is 0.975 bits per heavy atom. The Bertz CT molecular complexity index is 8130. The van der Waals surface area contributed by atoms with Crippen molar-refractivity contribution in [2.75, 3.05) is 0 Å². The van der Waals surface area contributed by atoms with Crippen LogP contribution in [0.25, 0.3) is 244 Å². The van der Waals surface area contributed by atoms with E-state index in [0.29, 0.717) is 11.6 Å². The molecule has 0 N–H and O–H groups in total. The number of fused-ring (bicyclic) bond motifs is 16. The number of nitrogens with zero attached hydrogens (tertiary/aromatic N) is 6. The first-order valence-electron chi connectivity index (χ1n) is 40.2. The van der Waals surface area contributed by atoms with Gasteiger partial charge >= 0.3 is 0 Å². The molecule has 0 aliphatic heterocycles. The maximum Gasteiger partial charge on any atom is 0.160 e. The Balaban J connectivity index is 0.000000140. The molecule has 560 valence electrons. The van der Waals surface area contributed by atoms with Crippen LogP contribution in [0.2, 0.25) is 0 Å². The summed E-state index contributed by atoms with van der Waals surface area (Å²) in [5, 5.41) is 10.2. The molecule has 16 aromatic carbocycles. The van der Waals surface area contributed by atoms with Crippen molar-refractivity contribution < 1.29 is 17.7 Å². The molecule has 24 aromatic rings. The molecule has 0 aliphatic carbocycles. The molecule has 8 heterocycles. The van der Waals surface area contributed by atoms with Crippen LogP contribution in [0.5, 0.6) is 0 Å². The zero-order valence-corrected chi connectivity index (χ0v) is 64.4. The molecule has 0 radical (unpaired) electrons. The Labute approximate surface area is 687 Å². The van der Waals surface area contributed by atoms with Crippen LogP contribution in [0.15, 0.2) is 418 Å². The Kier molecular flexibility index (Phi) is 16.7. The van der Waals surface area contributed by atoms with Crippen LogP contribution in [0.3, 0.4) is 0 Å². The van der Waals surface area contributed by atoms with E-state index in [4.69, 9.17) is 47.6 Å². The molecular formula is C110H66N6O4. The molecule has 120 heavy (non-hydrogen) atoms. The Morgan fingerprint density at radius 1 is 0.158 bits per heavy atom. The number of aromatic nitrogens is 6. The first kappa shape index (κ1) is 69.2. The third kappa shape index (κ3) is 12.4. The summed E-state index contributed by atoms with van der Waals surface area (Å²) in [6, 6.07) is 138. The molecule has 10 heteroatoms. The van der Waals surface area contributed by atoms with Crippen molar-refractivity contribution in [2.24, 2.45) is 0 Å². The van der Waals surface area contributed by atoms with E-state index in [2.05, 4.69) is 279 Å². The summed E-state index contributed by atoms with van der Waals surface area (Å²) >= 11 is 0. The highest BCUT2D eigenvalue weighted by Gasteiger charge is 2.25. The predicted molar refractivity (Wildman–Crippen MR) is 489 cm³/mol. The Hall–Kier alpha value is -16.3. The van der Waals surface area contributed by atoms with Gasteiger partial charge in [0.25, 0.3) is 0 Å². The average Bonchev–Trinajstić information content (AvgIpc) is 1.56. The van der Waals surface area contributed by atoms with Crippen molar-refractivity contribution in [2.45, 2.75) is 0 Å². The van der Waals surface area contributed by atoms with E-state index in [-0.39, 0.29) is 0 Å². The van der Waals surface area contributed by atoms with E-state index in [1.807, 2.05) is 121 Å². The van der Waals surface area contributed by atoms with E-state index in [1.54, 1.807) is 0 Å². The van der Waals surface area contributed by atoms with Crippen LogP contribution in [0.1, 0.15) is 0 Å². The summed E-state index contributed by atoms with van der Waals surface area (Å²) in [7, 11) is 0. The van der Waals surface area contributed by atoms with E-state index < -0.39 is 0 Å². The third-order valence-corrected chi connectivity index (χ3v) is 22.9. The van der Waals surface area contributed by atoms with Gasteiger partial charge in [0, 0.05) is 93.2 Å². The summed E-state index contributed by atoms with van der Waals surface area (Å²) in [5.41, 5.74) is 29.7. The van der Waals surface area contributed by atoms with Gasteiger partial charge in [-0.1, -0.05) is 291 Å². The highest BCUT2D eigenvalue weighted by Crippen LogP contribution is 2.47. The number of para-hydroxylation sites is 7. The molecular weight excluding hydrogens is 1470 g/mol. The van der Waals surface area contributed by atoms with E-state index in [1.165, 1.54) is 11.1 Å². The van der Waals surface area contributed by atoms with Crippen molar-refractivity contribution in [3.63, 3.8) is 0 Å². The summed E-state index contributed by atoms with van der Waals surface area (Å²) < 4.78 is 26.2. The molecule has 8 aromatic heterocycles. The highest BCUT2D eigenvalue weighted by atomic mass is 16.3. The van der Waals surface area contributed by atoms with E-state index in [9.17, 15) is 0 Å².